The van der Waals surface area contributed by atoms with E-state index >= 15 is 0 Å². The third kappa shape index (κ3) is 20.6. The second-order valence-corrected chi connectivity index (χ2v) is 14.9. The first-order valence-electron chi connectivity index (χ1n) is 19.0. The van der Waals surface area contributed by atoms with Crippen LogP contribution in [0.4, 0.5) is 39.8 Å². The number of nitrogen functional groups attached to an aromatic ring is 6. The van der Waals surface area contributed by atoms with Crippen molar-refractivity contribution in [1.82, 2.24) is 0 Å². The highest BCUT2D eigenvalue weighted by molar-refractivity contribution is 6.33. The fraction of sp³-hybridized carbons (Fsp3) is 0.0652. The van der Waals surface area contributed by atoms with Crippen LogP contribution in [0.1, 0.15) is 80.2 Å². The third-order valence-electron chi connectivity index (χ3n) is 8.34. The summed E-state index contributed by atoms with van der Waals surface area (Å²) in [4.78, 5) is 73.4. The van der Waals surface area contributed by atoms with Crippen molar-refractivity contribution in [3.05, 3.63) is 169 Å². The number of nitrogens with two attached hydrogens (primary N) is 6. The van der Waals surface area contributed by atoms with Crippen LogP contribution >= 0.6 is 34.8 Å². The normalized spacial score (nSPS) is 9.54. The average molecular weight is 1010 g/mol. The number of carboxylic acid groups (broad SMARTS) is 6. The second-order valence-electron chi connectivity index (χ2n) is 13.7. The van der Waals surface area contributed by atoms with Crippen molar-refractivity contribution >= 4 is 116 Å². The van der Waals surface area contributed by atoms with Crippen molar-refractivity contribution in [2.45, 2.75) is 20.8 Å². The zero-order valence-corrected chi connectivity index (χ0v) is 38.8. The van der Waals surface area contributed by atoms with Gasteiger partial charge in [0.1, 0.15) is 0 Å². The number of halogens is 3. The molecular weight excluding hydrogens is 965 g/mol. The average Bonchev–Trinajstić information content (AvgIpc) is 3.25. The van der Waals surface area contributed by atoms with Gasteiger partial charge in [-0.25, -0.2) is 28.8 Å². The van der Waals surface area contributed by atoms with Crippen molar-refractivity contribution in [2.75, 3.05) is 39.7 Å². The smallest absolute Gasteiger partial charge is 0.337 e. The first-order chi connectivity index (χ1) is 32.0. The summed E-state index contributed by atoms with van der Waals surface area (Å²) < 4.78 is 0. The maximum atomic E-state index is 10.7. The quantitative estimate of drug-likeness (QED) is 0.0668. The van der Waals surface area contributed by atoms with E-state index in [0.717, 1.165) is 11.1 Å². The predicted molar refractivity (Wildman–Crippen MR) is 266 cm³/mol. The summed E-state index contributed by atoms with van der Waals surface area (Å²) in [5.41, 5.74) is 37.2. The molecule has 1 amide bonds. The van der Waals surface area contributed by atoms with Crippen LogP contribution in [0.5, 0.6) is 0 Å². The first kappa shape index (κ1) is 58.3. The summed E-state index contributed by atoms with van der Waals surface area (Å²) >= 11 is 16.7. The van der Waals surface area contributed by atoms with Gasteiger partial charge in [0.15, 0.2) is 0 Å². The maximum absolute atomic E-state index is 10.7. The first-order valence-corrected chi connectivity index (χ1v) is 20.1. The molecule has 0 aliphatic rings. The standard InChI is InChI=1S/C9H10N2O3.2C8H9NO2.3C7H6ClNO2/c1-5(12)11-8-3-6(9(13)14)2-7(10)4-8;1-5-2-3-6(8(10)11)4-7(5)9;1-5-3-2-4-6(7(5)9)8(10)11;8-4-1-2-6(9)5(3-4)7(10)11;8-4-1-2-5(7(10)11)6(9)3-4;8-5-2-1-4(7(10)11)3-6(5)9/h2-4H,10H2,1H3,(H,11,12)(H,13,14);2*2-4H,9H2,1H3,(H,10,11);3*1-3H,9H2,(H,10,11). The lowest BCUT2D eigenvalue weighted by Gasteiger charge is -2.04. The lowest BCUT2D eigenvalue weighted by molar-refractivity contribution is -0.114. The Morgan fingerprint density at radius 1 is 0.435 bits per heavy atom. The predicted octanol–water partition coefficient (Wildman–Crippen LogP) is 8.34. The Hall–Kier alpha value is -8.72. The van der Waals surface area contributed by atoms with Gasteiger partial charge in [-0.05, 0) is 116 Å². The van der Waals surface area contributed by atoms with Crippen LogP contribution in [0.2, 0.25) is 15.1 Å². The summed E-state index contributed by atoms with van der Waals surface area (Å²) in [7, 11) is 0. The monoisotopic (exact) mass is 1010 g/mol. The van der Waals surface area contributed by atoms with Gasteiger partial charge in [0, 0.05) is 51.1 Å². The van der Waals surface area contributed by atoms with Gasteiger partial charge in [-0.15, -0.1) is 0 Å². The van der Waals surface area contributed by atoms with Crippen LogP contribution in [-0.2, 0) is 4.79 Å². The van der Waals surface area contributed by atoms with Crippen LogP contribution in [0.25, 0.3) is 0 Å². The van der Waals surface area contributed by atoms with Crippen LogP contribution < -0.4 is 39.7 Å². The minimum atomic E-state index is -1.08. The molecule has 0 aromatic heterocycles. The van der Waals surface area contributed by atoms with E-state index in [1.165, 1.54) is 91.9 Å². The maximum Gasteiger partial charge on any atom is 0.337 e. The summed E-state index contributed by atoms with van der Waals surface area (Å²) in [6.45, 7) is 4.95. The number of benzene rings is 6. The molecule has 364 valence electrons. The molecule has 6 aromatic carbocycles. The molecule has 69 heavy (non-hydrogen) atoms. The lowest BCUT2D eigenvalue weighted by atomic mass is 10.1. The molecule has 0 saturated carbocycles. The fourth-order valence-corrected chi connectivity index (χ4v) is 5.28. The Balaban J connectivity index is 0.000000415. The Kier molecular flexibility index (Phi) is 23.4. The highest BCUT2D eigenvalue weighted by Gasteiger charge is 2.10. The van der Waals surface area contributed by atoms with E-state index in [2.05, 4.69) is 5.32 Å². The molecule has 20 nitrogen and oxygen atoms in total. The van der Waals surface area contributed by atoms with Crippen molar-refractivity contribution in [1.29, 1.82) is 0 Å². The Bertz CT molecular complexity index is 2790. The number of hydrogen-bond donors (Lipinski definition) is 13. The van der Waals surface area contributed by atoms with E-state index in [9.17, 15) is 33.6 Å². The van der Waals surface area contributed by atoms with Gasteiger partial charge in [-0.1, -0.05) is 53.0 Å². The van der Waals surface area contributed by atoms with Gasteiger partial charge in [-0.3, -0.25) is 4.79 Å². The van der Waals surface area contributed by atoms with Crippen molar-refractivity contribution in [3.8, 4) is 0 Å². The number of aromatic carboxylic acids is 6. The molecule has 23 heteroatoms. The number of para-hydroxylation sites is 1. The van der Waals surface area contributed by atoms with Crippen LogP contribution in [0.15, 0.2) is 109 Å². The summed E-state index contributed by atoms with van der Waals surface area (Å²) in [6.07, 6.45) is 0. The molecule has 0 heterocycles. The summed E-state index contributed by atoms with van der Waals surface area (Å²) in [5.74, 6) is -6.39. The third-order valence-corrected chi connectivity index (χ3v) is 9.15. The second kappa shape index (κ2) is 27.7. The number of amides is 1. The fourth-order valence-electron chi connectivity index (χ4n) is 4.81. The number of carbonyl (C=O) groups is 7. The molecule has 0 aliphatic heterocycles. The largest absolute Gasteiger partial charge is 0.478 e. The number of carboxylic acids is 6. The minimum absolute atomic E-state index is 0.0394. The summed E-state index contributed by atoms with van der Waals surface area (Å²) in [5, 5.41) is 55.1. The molecule has 0 saturated heterocycles. The van der Waals surface area contributed by atoms with E-state index in [1.54, 1.807) is 31.2 Å². The Morgan fingerprint density at radius 3 is 1.39 bits per heavy atom. The van der Waals surface area contributed by atoms with Crippen LogP contribution in [-0.4, -0.2) is 72.4 Å². The molecule has 0 bridgehead atoms. The van der Waals surface area contributed by atoms with E-state index in [-0.39, 0.29) is 56.4 Å². The Morgan fingerprint density at radius 2 is 0.942 bits per heavy atom. The highest BCUT2D eigenvalue weighted by Crippen LogP contribution is 2.21. The van der Waals surface area contributed by atoms with Gasteiger partial charge in [0.05, 0.1) is 44.1 Å². The van der Waals surface area contributed by atoms with Crippen molar-refractivity contribution < 1.29 is 64.2 Å². The molecule has 6 aromatic rings. The molecule has 0 atom stereocenters. The number of aryl methyl sites for hydroxylation is 2. The number of hydrogen-bond acceptors (Lipinski definition) is 13. The topological polar surface area (TPSA) is 409 Å². The lowest BCUT2D eigenvalue weighted by Crippen LogP contribution is -2.07. The van der Waals surface area contributed by atoms with E-state index in [4.69, 9.17) is 99.8 Å². The SMILES string of the molecule is CC(=O)Nc1cc(N)cc(C(=O)O)c1.Cc1ccc(C(=O)O)cc1N.Cc1cccc(C(=O)O)c1N.Nc1cc(C(=O)O)ccc1Cl.Nc1cc(Cl)ccc1C(=O)O.Nc1ccc(Cl)cc1C(=O)O. The van der Waals surface area contributed by atoms with Crippen LogP contribution in [0.3, 0.4) is 0 Å². The van der Waals surface area contributed by atoms with E-state index in [1.807, 2.05) is 6.92 Å². The van der Waals surface area contributed by atoms with E-state index in [0.29, 0.717) is 37.8 Å². The zero-order valence-electron chi connectivity index (χ0n) is 36.5. The Labute approximate surface area is 408 Å². The molecule has 0 radical (unpaired) electrons. The number of rotatable bonds is 7. The summed E-state index contributed by atoms with van der Waals surface area (Å²) in [6, 6.07) is 26.6. The van der Waals surface area contributed by atoms with Crippen molar-refractivity contribution in [2.24, 2.45) is 0 Å². The molecule has 6 rings (SSSR count). The number of nitrogens with one attached hydrogen (secondary N) is 1. The minimum Gasteiger partial charge on any atom is -0.478 e. The molecule has 19 N–H and O–H groups in total. The molecule has 0 fully saturated rings. The highest BCUT2D eigenvalue weighted by atomic mass is 35.5. The number of carbonyl (C=O) groups excluding carboxylic acids is 1. The van der Waals surface area contributed by atoms with Gasteiger partial charge in [0.2, 0.25) is 5.91 Å². The van der Waals surface area contributed by atoms with Gasteiger partial charge < -0.3 is 70.4 Å². The zero-order chi connectivity index (χ0) is 52.9. The van der Waals surface area contributed by atoms with Gasteiger partial charge >= 0.3 is 35.8 Å². The molecule has 0 aliphatic carbocycles. The van der Waals surface area contributed by atoms with Gasteiger partial charge in [0.25, 0.3) is 0 Å². The van der Waals surface area contributed by atoms with Crippen LogP contribution in [0, 0.1) is 13.8 Å². The number of anilines is 7. The molecular formula is C46H46Cl3N7O13. The molecule has 0 spiro atoms. The van der Waals surface area contributed by atoms with E-state index < -0.39 is 35.8 Å². The molecule has 0 unspecified atom stereocenters. The van der Waals surface area contributed by atoms with Crippen molar-refractivity contribution in [3.63, 3.8) is 0 Å². The van der Waals surface area contributed by atoms with Gasteiger partial charge in [-0.2, -0.15) is 0 Å².